The van der Waals surface area contributed by atoms with Crippen molar-refractivity contribution in [2.45, 2.75) is 20.4 Å². The molecule has 2 amide bonds. The van der Waals surface area contributed by atoms with E-state index in [4.69, 9.17) is 0 Å². The Kier molecular flexibility index (Phi) is 5.04. The summed E-state index contributed by atoms with van der Waals surface area (Å²) in [4.78, 5) is 16.6. The maximum atomic E-state index is 12.4. The first-order valence-electron chi connectivity index (χ1n) is 8.52. The molecular weight excluding hydrogens is 298 g/mol. The molecule has 1 aliphatic rings. The number of nitrogens with one attached hydrogen (secondary N) is 1. The average Bonchev–Trinajstić information content (AvgIpc) is 2.62. The van der Waals surface area contributed by atoms with Gasteiger partial charge in [0.1, 0.15) is 0 Å². The fraction of sp³-hybridized carbons (Fsp3) is 0.350. The monoisotopic (exact) mass is 323 g/mol. The van der Waals surface area contributed by atoms with Crippen LogP contribution in [-0.2, 0) is 6.54 Å². The maximum absolute atomic E-state index is 12.4. The number of amides is 2. The fourth-order valence-electron chi connectivity index (χ4n) is 3.01. The van der Waals surface area contributed by atoms with Crippen molar-refractivity contribution in [1.29, 1.82) is 0 Å². The van der Waals surface area contributed by atoms with Gasteiger partial charge in [-0.2, -0.15) is 0 Å². The highest BCUT2D eigenvalue weighted by Crippen LogP contribution is 2.17. The number of hydrogen-bond acceptors (Lipinski definition) is 2. The summed E-state index contributed by atoms with van der Waals surface area (Å²) >= 11 is 0. The molecular formula is C20H25N3O. The molecule has 1 fully saturated rings. The molecule has 0 bridgehead atoms. The Hall–Kier alpha value is -2.49. The molecule has 0 unspecified atom stereocenters. The van der Waals surface area contributed by atoms with Crippen LogP contribution in [0, 0.1) is 13.8 Å². The van der Waals surface area contributed by atoms with Crippen molar-refractivity contribution >= 4 is 11.7 Å². The van der Waals surface area contributed by atoms with Crippen LogP contribution >= 0.6 is 0 Å². The van der Waals surface area contributed by atoms with Gasteiger partial charge in [-0.15, -0.1) is 0 Å². The van der Waals surface area contributed by atoms with Crippen LogP contribution in [0.1, 0.15) is 16.7 Å². The van der Waals surface area contributed by atoms with Gasteiger partial charge in [-0.05, 0) is 37.1 Å². The van der Waals surface area contributed by atoms with Gasteiger partial charge in [0.05, 0.1) is 0 Å². The third-order valence-corrected chi connectivity index (χ3v) is 4.66. The number of hydrogen-bond donors (Lipinski definition) is 1. The second-order valence-corrected chi connectivity index (χ2v) is 6.39. The highest BCUT2D eigenvalue weighted by molar-refractivity contribution is 5.74. The van der Waals surface area contributed by atoms with Gasteiger partial charge < -0.3 is 15.1 Å². The molecule has 1 saturated heterocycles. The first-order valence-corrected chi connectivity index (χ1v) is 8.52. The van der Waals surface area contributed by atoms with Crippen LogP contribution in [0.3, 0.4) is 0 Å². The summed E-state index contributed by atoms with van der Waals surface area (Å²) in [7, 11) is 0. The minimum Gasteiger partial charge on any atom is -0.368 e. The van der Waals surface area contributed by atoms with Gasteiger partial charge in [-0.1, -0.05) is 42.0 Å². The van der Waals surface area contributed by atoms with Crippen molar-refractivity contribution < 1.29 is 4.79 Å². The number of anilines is 1. The van der Waals surface area contributed by atoms with Crippen LogP contribution in [0.15, 0.2) is 48.5 Å². The molecule has 1 heterocycles. The highest BCUT2D eigenvalue weighted by Gasteiger charge is 2.21. The van der Waals surface area contributed by atoms with E-state index in [1.54, 1.807) is 0 Å². The molecule has 0 saturated carbocycles. The van der Waals surface area contributed by atoms with Crippen LogP contribution in [0.2, 0.25) is 0 Å². The number of nitrogens with zero attached hydrogens (tertiary/aromatic N) is 2. The fourth-order valence-corrected chi connectivity index (χ4v) is 3.01. The normalized spacial score (nSPS) is 14.6. The van der Waals surface area contributed by atoms with Crippen molar-refractivity contribution in [3.63, 3.8) is 0 Å². The molecule has 2 aromatic rings. The lowest BCUT2D eigenvalue weighted by molar-refractivity contribution is 0.194. The zero-order valence-corrected chi connectivity index (χ0v) is 14.5. The smallest absolute Gasteiger partial charge is 0.317 e. The third-order valence-electron chi connectivity index (χ3n) is 4.66. The van der Waals surface area contributed by atoms with Crippen LogP contribution < -0.4 is 10.2 Å². The van der Waals surface area contributed by atoms with E-state index in [0.717, 1.165) is 26.2 Å². The first kappa shape index (κ1) is 16.4. The summed E-state index contributed by atoms with van der Waals surface area (Å²) < 4.78 is 0. The standard InChI is InChI=1S/C20H25N3O/c1-16-7-9-19(10-8-16)22-11-13-23(14-12-22)20(24)21-15-18-6-4-3-5-17(18)2/h3-10H,11-15H2,1-2H3,(H,21,24). The van der Waals surface area contributed by atoms with E-state index in [1.165, 1.54) is 22.4 Å². The summed E-state index contributed by atoms with van der Waals surface area (Å²) in [5, 5.41) is 3.04. The predicted octanol–water partition coefficient (Wildman–Crippen LogP) is 3.34. The molecule has 4 heteroatoms. The van der Waals surface area contributed by atoms with Crippen molar-refractivity contribution in [1.82, 2.24) is 10.2 Å². The Morgan fingerprint density at radius 1 is 0.958 bits per heavy atom. The van der Waals surface area contributed by atoms with E-state index < -0.39 is 0 Å². The number of aryl methyl sites for hydroxylation is 2. The van der Waals surface area contributed by atoms with E-state index in [1.807, 2.05) is 17.0 Å². The van der Waals surface area contributed by atoms with Gasteiger partial charge in [-0.25, -0.2) is 4.79 Å². The highest BCUT2D eigenvalue weighted by atomic mass is 16.2. The topological polar surface area (TPSA) is 35.6 Å². The molecule has 0 aromatic heterocycles. The molecule has 0 aliphatic carbocycles. The predicted molar refractivity (Wildman–Crippen MR) is 98.4 cm³/mol. The molecule has 3 rings (SSSR count). The van der Waals surface area contributed by atoms with Crippen molar-refractivity contribution in [3.8, 4) is 0 Å². The van der Waals surface area contributed by atoms with Crippen molar-refractivity contribution in [2.75, 3.05) is 31.1 Å². The first-order chi connectivity index (χ1) is 11.6. The number of urea groups is 1. The van der Waals surface area contributed by atoms with Crippen molar-refractivity contribution in [2.24, 2.45) is 0 Å². The van der Waals surface area contributed by atoms with Crippen LogP contribution in [0.25, 0.3) is 0 Å². The van der Waals surface area contributed by atoms with Gasteiger partial charge in [0, 0.05) is 38.4 Å². The van der Waals surface area contributed by atoms with Crippen LogP contribution in [0.4, 0.5) is 10.5 Å². The number of carbonyl (C=O) groups is 1. The summed E-state index contributed by atoms with van der Waals surface area (Å²) in [6, 6.07) is 16.8. The maximum Gasteiger partial charge on any atom is 0.317 e. The minimum absolute atomic E-state index is 0.0295. The van der Waals surface area contributed by atoms with E-state index in [9.17, 15) is 4.79 Å². The Morgan fingerprint density at radius 2 is 1.62 bits per heavy atom. The quantitative estimate of drug-likeness (QED) is 0.940. The second-order valence-electron chi connectivity index (χ2n) is 6.39. The molecule has 0 radical (unpaired) electrons. The van der Waals surface area contributed by atoms with Crippen LogP contribution in [-0.4, -0.2) is 37.1 Å². The summed E-state index contributed by atoms with van der Waals surface area (Å²) in [6.07, 6.45) is 0. The molecule has 1 N–H and O–H groups in total. The lowest BCUT2D eigenvalue weighted by Gasteiger charge is -2.36. The molecule has 24 heavy (non-hydrogen) atoms. The van der Waals surface area contributed by atoms with Gasteiger partial charge in [0.15, 0.2) is 0 Å². The molecule has 126 valence electrons. The third kappa shape index (κ3) is 3.88. The zero-order valence-electron chi connectivity index (χ0n) is 14.5. The molecule has 4 nitrogen and oxygen atoms in total. The Labute approximate surface area is 144 Å². The summed E-state index contributed by atoms with van der Waals surface area (Å²) in [5.74, 6) is 0. The molecule has 0 atom stereocenters. The van der Waals surface area contributed by atoms with E-state index in [-0.39, 0.29) is 6.03 Å². The average molecular weight is 323 g/mol. The zero-order chi connectivity index (χ0) is 16.9. The summed E-state index contributed by atoms with van der Waals surface area (Å²) in [5.41, 5.74) is 4.89. The van der Waals surface area contributed by atoms with Crippen molar-refractivity contribution in [3.05, 3.63) is 65.2 Å². The van der Waals surface area contributed by atoms with Gasteiger partial charge in [-0.3, -0.25) is 0 Å². The SMILES string of the molecule is Cc1ccc(N2CCN(C(=O)NCc3ccccc3C)CC2)cc1. The molecule has 2 aromatic carbocycles. The Balaban J connectivity index is 1.50. The number of piperazine rings is 1. The van der Waals surface area contributed by atoms with Gasteiger partial charge in [0.2, 0.25) is 0 Å². The Bertz CT molecular complexity index is 688. The van der Waals surface area contributed by atoms with E-state index in [0.29, 0.717) is 6.54 Å². The second kappa shape index (κ2) is 7.39. The number of rotatable bonds is 3. The lowest BCUT2D eigenvalue weighted by Crippen LogP contribution is -2.51. The van der Waals surface area contributed by atoms with Gasteiger partial charge >= 0.3 is 6.03 Å². The molecule has 0 spiro atoms. The summed E-state index contributed by atoms with van der Waals surface area (Å²) in [6.45, 7) is 8.02. The van der Waals surface area contributed by atoms with E-state index >= 15 is 0 Å². The Morgan fingerprint density at radius 3 is 2.29 bits per heavy atom. The molecule has 1 aliphatic heterocycles. The minimum atomic E-state index is 0.0295. The van der Waals surface area contributed by atoms with Gasteiger partial charge in [0.25, 0.3) is 0 Å². The number of carbonyl (C=O) groups excluding carboxylic acids is 1. The lowest BCUT2D eigenvalue weighted by atomic mass is 10.1. The van der Waals surface area contributed by atoms with Crippen LogP contribution in [0.5, 0.6) is 0 Å². The largest absolute Gasteiger partial charge is 0.368 e. The number of benzene rings is 2. The van der Waals surface area contributed by atoms with E-state index in [2.05, 4.69) is 60.5 Å².